The third kappa shape index (κ3) is 4.59. The number of hydrogen-bond donors (Lipinski definition) is 1. The number of nitrogens with zero attached hydrogens (tertiary/aromatic N) is 1. The lowest BCUT2D eigenvalue weighted by Gasteiger charge is -2.30. The molecule has 1 aromatic carbocycles. The van der Waals surface area contributed by atoms with Crippen LogP contribution in [0.2, 0.25) is 0 Å². The first-order valence-electron chi connectivity index (χ1n) is 7.08. The Hall–Kier alpha value is -1.31. The summed E-state index contributed by atoms with van der Waals surface area (Å²) in [5.74, 6) is -0.221. The van der Waals surface area contributed by atoms with E-state index in [2.05, 4.69) is 27.9 Å². The van der Waals surface area contributed by atoms with E-state index in [0.717, 1.165) is 9.26 Å². The van der Waals surface area contributed by atoms with Gasteiger partial charge in [-0.05, 0) is 60.6 Å². The van der Waals surface area contributed by atoms with E-state index in [-0.39, 0.29) is 17.9 Å². The molecule has 5 nitrogen and oxygen atoms in total. The summed E-state index contributed by atoms with van der Waals surface area (Å²) in [4.78, 5) is 25.6. The fourth-order valence-electron chi connectivity index (χ4n) is 2.35. The molecule has 2 amide bonds. The molecule has 6 heteroatoms. The molecule has 114 valence electrons. The zero-order valence-corrected chi connectivity index (χ0v) is 14.1. The van der Waals surface area contributed by atoms with Crippen LogP contribution in [-0.4, -0.2) is 36.6 Å². The van der Waals surface area contributed by atoms with Crippen molar-refractivity contribution in [3.05, 3.63) is 27.8 Å². The molecule has 1 N–H and O–H groups in total. The van der Waals surface area contributed by atoms with Crippen LogP contribution in [0.15, 0.2) is 24.3 Å². The summed E-state index contributed by atoms with van der Waals surface area (Å²) in [6.45, 7) is 3.38. The molecular formula is C15H19IN2O3. The van der Waals surface area contributed by atoms with Crippen molar-refractivity contribution in [3.63, 3.8) is 0 Å². The van der Waals surface area contributed by atoms with E-state index in [4.69, 9.17) is 4.74 Å². The third-order valence-corrected chi connectivity index (χ3v) is 4.15. The molecule has 1 fully saturated rings. The van der Waals surface area contributed by atoms with Crippen LogP contribution >= 0.6 is 22.6 Å². The van der Waals surface area contributed by atoms with Gasteiger partial charge in [0.15, 0.2) is 0 Å². The maximum Gasteiger partial charge on any atom is 0.321 e. The number of halogens is 1. The number of amides is 2. The predicted molar refractivity (Wildman–Crippen MR) is 89.1 cm³/mol. The van der Waals surface area contributed by atoms with Crippen LogP contribution < -0.4 is 5.32 Å². The summed E-state index contributed by atoms with van der Waals surface area (Å²) < 4.78 is 6.10. The second-order valence-corrected chi connectivity index (χ2v) is 6.20. The highest BCUT2D eigenvalue weighted by atomic mass is 127. The molecule has 2 rings (SSSR count). The summed E-state index contributed by atoms with van der Waals surface area (Å²) in [6, 6.07) is 7.56. The minimum absolute atomic E-state index is 0.0772. The van der Waals surface area contributed by atoms with Crippen molar-refractivity contribution in [2.45, 2.75) is 19.8 Å². The second kappa shape index (κ2) is 7.63. The Morgan fingerprint density at radius 1 is 1.38 bits per heavy atom. The highest BCUT2D eigenvalue weighted by molar-refractivity contribution is 14.1. The standard InChI is InChI=1S/C15H19IN2O3/c1-2-21-14(19)11-6-8-18(9-7-11)15(20)17-13-5-3-4-12(16)10-13/h3-5,10-11H,2,6-9H2,1H3,(H,17,20). The number of carbonyl (C=O) groups excluding carboxylic acids is 2. The van der Waals surface area contributed by atoms with Crippen molar-refractivity contribution < 1.29 is 14.3 Å². The van der Waals surface area contributed by atoms with Crippen LogP contribution in [0.4, 0.5) is 10.5 Å². The summed E-state index contributed by atoms with van der Waals surface area (Å²) in [5, 5.41) is 2.89. The highest BCUT2D eigenvalue weighted by Gasteiger charge is 2.28. The summed E-state index contributed by atoms with van der Waals surface area (Å²) in [5.41, 5.74) is 0.791. The first kappa shape index (κ1) is 16.1. The normalized spacial score (nSPS) is 15.6. The summed E-state index contributed by atoms with van der Waals surface area (Å²) >= 11 is 2.21. The molecule has 1 heterocycles. The van der Waals surface area contributed by atoms with Gasteiger partial charge in [0, 0.05) is 22.3 Å². The first-order chi connectivity index (χ1) is 10.1. The Morgan fingerprint density at radius 3 is 2.71 bits per heavy atom. The van der Waals surface area contributed by atoms with Crippen molar-refractivity contribution in [1.29, 1.82) is 0 Å². The monoisotopic (exact) mass is 402 g/mol. The van der Waals surface area contributed by atoms with Crippen LogP contribution in [0.1, 0.15) is 19.8 Å². The van der Waals surface area contributed by atoms with Gasteiger partial charge in [0.1, 0.15) is 0 Å². The van der Waals surface area contributed by atoms with E-state index >= 15 is 0 Å². The second-order valence-electron chi connectivity index (χ2n) is 4.95. The number of anilines is 1. The Morgan fingerprint density at radius 2 is 2.10 bits per heavy atom. The molecule has 0 atom stereocenters. The van der Waals surface area contributed by atoms with Gasteiger partial charge in [0.2, 0.25) is 0 Å². The quantitative estimate of drug-likeness (QED) is 0.625. The van der Waals surface area contributed by atoms with Gasteiger partial charge >= 0.3 is 12.0 Å². The van der Waals surface area contributed by atoms with Crippen molar-refractivity contribution in [2.24, 2.45) is 5.92 Å². The largest absolute Gasteiger partial charge is 0.466 e. The Balaban J connectivity index is 1.84. The van der Waals surface area contributed by atoms with Gasteiger partial charge in [0.05, 0.1) is 12.5 Å². The van der Waals surface area contributed by atoms with Crippen LogP contribution in [0.25, 0.3) is 0 Å². The summed E-state index contributed by atoms with van der Waals surface area (Å²) in [6.07, 6.45) is 1.33. The number of nitrogens with one attached hydrogen (secondary N) is 1. The molecule has 0 radical (unpaired) electrons. The van der Waals surface area contributed by atoms with Crippen LogP contribution in [0.3, 0.4) is 0 Å². The molecule has 0 aromatic heterocycles. The van der Waals surface area contributed by atoms with Crippen LogP contribution in [0, 0.1) is 9.49 Å². The molecule has 21 heavy (non-hydrogen) atoms. The SMILES string of the molecule is CCOC(=O)C1CCN(C(=O)Nc2cccc(I)c2)CC1. The molecule has 0 spiro atoms. The maximum absolute atomic E-state index is 12.2. The van der Waals surface area contributed by atoms with Crippen molar-refractivity contribution >= 4 is 40.3 Å². The van der Waals surface area contributed by atoms with Crippen LogP contribution in [-0.2, 0) is 9.53 Å². The van der Waals surface area contributed by atoms with E-state index in [9.17, 15) is 9.59 Å². The minimum atomic E-state index is -0.143. The van der Waals surface area contributed by atoms with Gasteiger partial charge in [0.25, 0.3) is 0 Å². The average Bonchev–Trinajstić information content (AvgIpc) is 2.47. The fourth-order valence-corrected chi connectivity index (χ4v) is 2.89. The number of carbonyl (C=O) groups is 2. The fraction of sp³-hybridized carbons (Fsp3) is 0.467. The summed E-state index contributed by atoms with van der Waals surface area (Å²) in [7, 11) is 0. The first-order valence-corrected chi connectivity index (χ1v) is 8.16. The molecule has 0 aliphatic carbocycles. The maximum atomic E-state index is 12.2. The number of ether oxygens (including phenoxy) is 1. The zero-order chi connectivity index (χ0) is 15.2. The number of piperidine rings is 1. The number of urea groups is 1. The van der Waals surface area contributed by atoms with Gasteiger partial charge in [-0.15, -0.1) is 0 Å². The van der Waals surface area contributed by atoms with E-state index in [1.54, 1.807) is 4.90 Å². The number of benzene rings is 1. The Kier molecular flexibility index (Phi) is 5.84. The van der Waals surface area contributed by atoms with E-state index in [1.165, 1.54) is 0 Å². The highest BCUT2D eigenvalue weighted by Crippen LogP contribution is 2.20. The van der Waals surface area contributed by atoms with Gasteiger partial charge in [-0.2, -0.15) is 0 Å². The number of rotatable bonds is 3. The van der Waals surface area contributed by atoms with Crippen molar-refractivity contribution in [3.8, 4) is 0 Å². The molecule has 1 aromatic rings. The third-order valence-electron chi connectivity index (χ3n) is 3.48. The topological polar surface area (TPSA) is 58.6 Å². The number of hydrogen-bond acceptors (Lipinski definition) is 3. The van der Waals surface area contributed by atoms with Crippen LogP contribution in [0.5, 0.6) is 0 Å². The van der Waals surface area contributed by atoms with E-state index in [1.807, 2.05) is 31.2 Å². The number of esters is 1. The lowest BCUT2D eigenvalue weighted by atomic mass is 9.97. The predicted octanol–water partition coefficient (Wildman–Crippen LogP) is 3.10. The van der Waals surface area contributed by atoms with Crippen molar-refractivity contribution in [1.82, 2.24) is 4.90 Å². The molecule has 0 bridgehead atoms. The van der Waals surface area contributed by atoms with E-state index in [0.29, 0.717) is 32.5 Å². The van der Waals surface area contributed by atoms with Gasteiger partial charge in [-0.3, -0.25) is 4.79 Å². The van der Waals surface area contributed by atoms with Gasteiger partial charge in [-0.1, -0.05) is 6.07 Å². The van der Waals surface area contributed by atoms with Gasteiger partial charge in [-0.25, -0.2) is 4.79 Å². The molecule has 1 saturated heterocycles. The molecule has 0 saturated carbocycles. The lowest BCUT2D eigenvalue weighted by Crippen LogP contribution is -2.42. The Bertz CT molecular complexity index is 513. The zero-order valence-electron chi connectivity index (χ0n) is 12.0. The average molecular weight is 402 g/mol. The smallest absolute Gasteiger partial charge is 0.321 e. The number of likely N-dealkylation sites (tertiary alicyclic amines) is 1. The molecule has 1 aliphatic heterocycles. The molecule has 1 aliphatic rings. The van der Waals surface area contributed by atoms with E-state index < -0.39 is 0 Å². The van der Waals surface area contributed by atoms with Crippen molar-refractivity contribution in [2.75, 3.05) is 25.0 Å². The molecule has 0 unspecified atom stereocenters. The lowest BCUT2D eigenvalue weighted by molar-refractivity contribution is -0.149. The minimum Gasteiger partial charge on any atom is -0.466 e. The Labute approximate surface area is 138 Å². The molecular weight excluding hydrogens is 383 g/mol. The van der Waals surface area contributed by atoms with Gasteiger partial charge < -0.3 is 15.0 Å².